The van der Waals surface area contributed by atoms with Gasteiger partial charge >= 0.3 is 0 Å². The highest BCUT2D eigenvalue weighted by Gasteiger charge is 2.03. The fourth-order valence-electron chi connectivity index (χ4n) is 1.56. The van der Waals surface area contributed by atoms with Crippen molar-refractivity contribution in [3.8, 4) is 5.75 Å². The van der Waals surface area contributed by atoms with E-state index in [4.69, 9.17) is 5.73 Å². The molecule has 72 valence electrons. The predicted molar refractivity (Wildman–Crippen MR) is 56.0 cm³/mol. The first kappa shape index (κ1) is 8.97. The third-order valence-electron chi connectivity index (χ3n) is 2.45. The number of nitrogens with two attached hydrogens (primary N) is 1. The van der Waals surface area contributed by atoms with Crippen molar-refractivity contribution in [1.82, 2.24) is 4.98 Å². The van der Waals surface area contributed by atoms with Gasteiger partial charge in [-0.25, -0.2) is 0 Å². The van der Waals surface area contributed by atoms with E-state index in [1.807, 2.05) is 6.92 Å². The fourth-order valence-corrected chi connectivity index (χ4v) is 1.56. The molecule has 0 bridgehead atoms. The van der Waals surface area contributed by atoms with Gasteiger partial charge in [0.25, 0.3) is 0 Å². The maximum Gasteiger partial charge on any atom is 0.116 e. The number of aromatic hydroxyl groups is 1. The molecule has 0 radical (unpaired) electrons. The van der Waals surface area contributed by atoms with Crippen molar-refractivity contribution in [2.75, 3.05) is 0 Å². The number of benzene rings is 1. The van der Waals surface area contributed by atoms with Crippen molar-refractivity contribution in [3.05, 3.63) is 35.5 Å². The second-order valence-electron chi connectivity index (χ2n) is 3.31. The largest absolute Gasteiger partial charge is 0.508 e. The Morgan fingerprint density at radius 2 is 2.21 bits per heavy atom. The SMILES string of the molecule is Cc1c(CN)cnc2ccc(O)cc12. The summed E-state index contributed by atoms with van der Waals surface area (Å²) in [7, 11) is 0. The Morgan fingerprint density at radius 1 is 1.43 bits per heavy atom. The summed E-state index contributed by atoms with van der Waals surface area (Å²) in [5.74, 6) is 0.261. The van der Waals surface area contributed by atoms with Crippen LogP contribution in [0.3, 0.4) is 0 Å². The number of phenols is 1. The molecule has 1 aromatic carbocycles. The van der Waals surface area contributed by atoms with Crippen LogP contribution in [-0.4, -0.2) is 10.1 Å². The predicted octanol–water partition coefficient (Wildman–Crippen LogP) is 1.71. The zero-order valence-electron chi connectivity index (χ0n) is 7.99. The summed E-state index contributed by atoms with van der Waals surface area (Å²) in [5.41, 5.74) is 8.57. The van der Waals surface area contributed by atoms with E-state index in [0.717, 1.165) is 22.0 Å². The lowest BCUT2D eigenvalue weighted by Gasteiger charge is -2.06. The average molecular weight is 188 g/mol. The Balaban J connectivity index is 2.79. The van der Waals surface area contributed by atoms with Gasteiger partial charge in [0.2, 0.25) is 0 Å². The average Bonchev–Trinajstić information content (AvgIpc) is 2.20. The second-order valence-corrected chi connectivity index (χ2v) is 3.31. The molecule has 3 N–H and O–H groups in total. The normalized spacial score (nSPS) is 10.7. The van der Waals surface area contributed by atoms with Crippen molar-refractivity contribution in [1.29, 1.82) is 0 Å². The molecule has 3 nitrogen and oxygen atoms in total. The van der Waals surface area contributed by atoms with E-state index >= 15 is 0 Å². The highest BCUT2D eigenvalue weighted by Crippen LogP contribution is 2.23. The van der Waals surface area contributed by atoms with Crippen LogP contribution in [0.15, 0.2) is 24.4 Å². The van der Waals surface area contributed by atoms with Crippen molar-refractivity contribution in [2.24, 2.45) is 5.73 Å². The number of rotatable bonds is 1. The topological polar surface area (TPSA) is 59.1 Å². The lowest BCUT2D eigenvalue weighted by atomic mass is 10.1. The van der Waals surface area contributed by atoms with Crippen LogP contribution in [0.5, 0.6) is 5.75 Å². The summed E-state index contributed by atoms with van der Waals surface area (Å²) in [6.45, 7) is 2.47. The molecule has 3 heteroatoms. The molecule has 1 heterocycles. The van der Waals surface area contributed by atoms with Crippen LogP contribution in [0.4, 0.5) is 0 Å². The molecule has 0 saturated heterocycles. The van der Waals surface area contributed by atoms with Crippen molar-refractivity contribution in [2.45, 2.75) is 13.5 Å². The van der Waals surface area contributed by atoms with Gasteiger partial charge in [0.1, 0.15) is 5.75 Å². The van der Waals surface area contributed by atoms with Gasteiger partial charge in [-0.15, -0.1) is 0 Å². The summed E-state index contributed by atoms with van der Waals surface area (Å²) in [6, 6.07) is 5.16. The molecule has 0 unspecified atom stereocenters. The van der Waals surface area contributed by atoms with E-state index in [9.17, 15) is 5.11 Å². The molecule has 0 amide bonds. The highest BCUT2D eigenvalue weighted by atomic mass is 16.3. The van der Waals surface area contributed by atoms with Gasteiger partial charge in [0.05, 0.1) is 5.52 Å². The van der Waals surface area contributed by atoms with Gasteiger partial charge in [-0.2, -0.15) is 0 Å². The molecule has 2 aromatic rings. The highest BCUT2D eigenvalue weighted by molar-refractivity contribution is 5.84. The van der Waals surface area contributed by atoms with E-state index in [-0.39, 0.29) is 5.75 Å². The Kier molecular flexibility index (Phi) is 2.09. The first-order chi connectivity index (χ1) is 6.72. The van der Waals surface area contributed by atoms with Crippen LogP contribution in [0.2, 0.25) is 0 Å². The van der Waals surface area contributed by atoms with Gasteiger partial charge in [-0.3, -0.25) is 4.98 Å². The summed E-state index contributed by atoms with van der Waals surface area (Å²) >= 11 is 0. The summed E-state index contributed by atoms with van der Waals surface area (Å²) in [6.07, 6.45) is 1.79. The molecule has 1 aromatic heterocycles. The minimum Gasteiger partial charge on any atom is -0.508 e. The lowest BCUT2D eigenvalue weighted by Crippen LogP contribution is -2.00. The third-order valence-corrected chi connectivity index (χ3v) is 2.45. The Hall–Kier alpha value is -1.61. The Morgan fingerprint density at radius 3 is 2.93 bits per heavy atom. The summed E-state index contributed by atoms with van der Waals surface area (Å²) < 4.78 is 0. The zero-order chi connectivity index (χ0) is 10.1. The molecule has 2 rings (SSSR count). The molecule has 0 saturated carbocycles. The molecule has 0 fully saturated rings. The number of phenolic OH excluding ortho intramolecular Hbond substituents is 1. The quantitative estimate of drug-likeness (QED) is 0.716. The third kappa shape index (κ3) is 1.32. The van der Waals surface area contributed by atoms with Gasteiger partial charge < -0.3 is 10.8 Å². The first-order valence-corrected chi connectivity index (χ1v) is 4.49. The smallest absolute Gasteiger partial charge is 0.116 e. The Bertz CT molecular complexity index is 480. The molecular formula is C11H12N2O. The zero-order valence-corrected chi connectivity index (χ0v) is 7.99. The van der Waals surface area contributed by atoms with Crippen molar-refractivity contribution in [3.63, 3.8) is 0 Å². The van der Waals surface area contributed by atoms with Gasteiger partial charge in [0.15, 0.2) is 0 Å². The monoisotopic (exact) mass is 188 g/mol. The van der Waals surface area contributed by atoms with Crippen LogP contribution in [-0.2, 0) is 6.54 Å². The van der Waals surface area contributed by atoms with Gasteiger partial charge in [-0.05, 0) is 36.2 Å². The number of aryl methyl sites for hydroxylation is 1. The second kappa shape index (κ2) is 3.27. The number of aromatic nitrogens is 1. The number of hydrogen-bond donors (Lipinski definition) is 2. The van der Waals surface area contributed by atoms with Crippen LogP contribution in [0, 0.1) is 6.92 Å². The number of pyridine rings is 1. The van der Waals surface area contributed by atoms with Crippen molar-refractivity contribution >= 4 is 10.9 Å². The van der Waals surface area contributed by atoms with E-state index in [2.05, 4.69) is 4.98 Å². The molecule has 0 spiro atoms. The minimum absolute atomic E-state index is 0.261. The number of hydrogen-bond acceptors (Lipinski definition) is 3. The van der Waals surface area contributed by atoms with Crippen LogP contribution < -0.4 is 5.73 Å². The standard InChI is InChI=1S/C11H12N2O/c1-7-8(5-12)6-13-11-3-2-9(14)4-10(7)11/h2-4,6,14H,5,12H2,1H3. The van der Waals surface area contributed by atoms with Crippen LogP contribution in [0.1, 0.15) is 11.1 Å². The van der Waals surface area contributed by atoms with Gasteiger partial charge in [0, 0.05) is 18.1 Å². The van der Waals surface area contributed by atoms with Crippen molar-refractivity contribution < 1.29 is 5.11 Å². The number of nitrogens with zero attached hydrogens (tertiary/aromatic N) is 1. The Labute approximate surface area is 82.2 Å². The van der Waals surface area contributed by atoms with E-state index in [1.54, 1.807) is 24.4 Å². The number of fused-ring (bicyclic) bond motifs is 1. The molecular weight excluding hydrogens is 176 g/mol. The maximum absolute atomic E-state index is 9.36. The lowest BCUT2D eigenvalue weighted by molar-refractivity contribution is 0.476. The van der Waals surface area contributed by atoms with Crippen LogP contribution >= 0.6 is 0 Å². The molecule has 0 aliphatic rings. The maximum atomic E-state index is 9.36. The first-order valence-electron chi connectivity index (χ1n) is 4.49. The van der Waals surface area contributed by atoms with Gasteiger partial charge in [-0.1, -0.05) is 0 Å². The minimum atomic E-state index is 0.261. The molecule has 0 aliphatic heterocycles. The molecule has 0 atom stereocenters. The van der Waals surface area contributed by atoms with E-state index < -0.39 is 0 Å². The fraction of sp³-hybridized carbons (Fsp3) is 0.182. The summed E-state index contributed by atoms with van der Waals surface area (Å²) in [4.78, 5) is 4.26. The van der Waals surface area contributed by atoms with E-state index in [1.165, 1.54) is 0 Å². The molecule has 14 heavy (non-hydrogen) atoms. The van der Waals surface area contributed by atoms with E-state index in [0.29, 0.717) is 6.54 Å². The molecule has 0 aliphatic carbocycles. The summed E-state index contributed by atoms with van der Waals surface area (Å²) in [5, 5.41) is 10.3. The van der Waals surface area contributed by atoms with Crippen LogP contribution in [0.25, 0.3) is 10.9 Å².